The summed E-state index contributed by atoms with van der Waals surface area (Å²) in [5.74, 6) is -1.67. The number of methoxy groups -OCH3 is 1. The van der Waals surface area contributed by atoms with Crippen molar-refractivity contribution in [3.8, 4) is 0 Å². The molecule has 1 aliphatic heterocycles. The molecule has 0 aromatic carbocycles. The van der Waals surface area contributed by atoms with Crippen LogP contribution in [0.15, 0.2) is 21.9 Å². The van der Waals surface area contributed by atoms with Crippen molar-refractivity contribution >= 4 is 25.1 Å². The predicted molar refractivity (Wildman–Crippen MR) is 111 cm³/mol. The van der Waals surface area contributed by atoms with E-state index in [1.54, 1.807) is 20.8 Å². The standard InChI is InChI=1S/C17H27N2O10PS/c1-16(2,3)14(23)31-8-7-27-30(25)28-9-17(26-4)12(22)11(21)13(29-17)19-6-5-10(20)18-15(19)24/h5-6,11-13,21-22,30H,7-9H2,1-4H3,(H,18,20,24)/t11-,12+,13-,17-/m1/s1. The second kappa shape index (κ2) is 10.5. The van der Waals surface area contributed by atoms with Crippen molar-refractivity contribution < 1.29 is 38.1 Å². The molecule has 2 heterocycles. The van der Waals surface area contributed by atoms with Crippen LogP contribution in [0.25, 0.3) is 0 Å². The minimum atomic E-state index is -3.04. The zero-order valence-corrected chi connectivity index (χ0v) is 19.3. The molecule has 0 spiro atoms. The van der Waals surface area contributed by atoms with Gasteiger partial charge in [-0.2, -0.15) is 0 Å². The van der Waals surface area contributed by atoms with E-state index in [2.05, 4.69) is 0 Å². The van der Waals surface area contributed by atoms with Crippen LogP contribution in [0.2, 0.25) is 0 Å². The van der Waals surface area contributed by atoms with Gasteiger partial charge in [0.1, 0.15) is 18.8 Å². The van der Waals surface area contributed by atoms with E-state index < -0.39 is 55.7 Å². The number of ether oxygens (including phenoxy) is 2. The van der Waals surface area contributed by atoms with Crippen molar-refractivity contribution in [2.45, 2.75) is 45.0 Å². The maximum atomic E-state index is 12.0. The first kappa shape index (κ1) is 25.9. The fourth-order valence-electron chi connectivity index (χ4n) is 2.63. The SMILES string of the molecule is CO[C@]1(CO[PH](=O)OCCSC(=O)C(C)(C)C)O[C@@H](n2ccc(=O)[nH]c2=O)[C@H](O)[C@@H]1O. The van der Waals surface area contributed by atoms with Gasteiger partial charge in [-0.1, -0.05) is 32.5 Å². The third kappa shape index (κ3) is 6.36. The Morgan fingerprint density at radius 2 is 2.03 bits per heavy atom. The van der Waals surface area contributed by atoms with Crippen LogP contribution in [0.3, 0.4) is 0 Å². The van der Waals surface area contributed by atoms with Gasteiger partial charge in [-0.3, -0.25) is 23.7 Å². The molecule has 1 aromatic heterocycles. The number of hydrogen-bond donors (Lipinski definition) is 3. The van der Waals surface area contributed by atoms with Crippen LogP contribution in [-0.2, 0) is 27.9 Å². The second-order valence-corrected chi connectivity index (χ2v) is 9.90. The Bertz CT molecular complexity index is 913. The minimum absolute atomic E-state index is 0.00824. The molecule has 3 N–H and O–H groups in total. The van der Waals surface area contributed by atoms with E-state index in [0.29, 0.717) is 0 Å². The minimum Gasteiger partial charge on any atom is -0.385 e. The lowest BCUT2D eigenvalue weighted by Crippen LogP contribution is -2.48. The Morgan fingerprint density at radius 3 is 2.61 bits per heavy atom. The highest BCUT2D eigenvalue weighted by Crippen LogP contribution is 2.39. The summed E-state index contributed by atoms with van der Waals surface area (Å²) < 4.78 is 33.8. The summed E-state index contributed by atoms with van der Waals surface area (Å²) in [5.41, 5.74) is -2.01. The Hall–Kier alpha value is -1.31. The molecule has 1 saturated heterocycles. The highest BCUT2D eigenvalue weighted by molar-refractivity contribution is 8.13. The van der Waals surface area contributed by atoms with Gasteiger partial charge >= 0.3 is 13.9 Å². The van der Waals surface area contributed by atoms with Gasteiger partial charge < -0.3 is 28.7 Å². The first-order valence-electron chi connectivity index (χ1n) is 9.28. The van der Waals surface area contributed by atoms with E-state index in [9.17, 15) is 29.2 Å². The summed E-state index contributed by atoms with van der Waals surface area (Å²) >= 11 is 1.05. The average molecular weight is 482 g/mol. The largest absolute Gasteiger partial charge is 0.385 e. The Balaban J connectivity index is 1.95. The van der Waals surface area contributed by atoms with Crippen LogP contribution < -0.4 is 11.2 Å². The first-order chi connectivity index (χ1) is 14.4. The smallest absolute Gasteiger partial charge is 0.330 e. The van der Waals surface area contributed by atoms with Gasteiger partial charge in [0.25, 0.3) is 5.56 Å². The van der Waals surface area contributed by atoms with E-state index >= 15 is 0 Å². The number of carbonyl (C=O) groups is 1. The fourth-order valence-corrected chi connectivity index (χ4v) is 4.24. The van der Waals surface area contributed by atoms with Gasteiger partial charge in [-0.15, -0.1) is 0 Å². The van der Waals surface area contributed by atoms with Crippen molar-refractivity contribution in [3.05, 3.63) is 33.1 Å². The van der Waals surface area contributed by atoms with E-state index in [-0.39, 0.29) is 17.5 Å². The summed E-state index contributed by atoms with van der Waals surface area (Å²) in [7, 11) is -1.87. The monoisotopic (exact) mass is 482 g/mol. The molecule has 176 valence electrons. The molecule has 1 aliphatic rings. The molecule has 14 heteroatoms. The van der Waals surface area contributed by atoms with Gasteiger partial charge in [0, 0.05) is 30.5 Å². The van der Waals surface area contributed by atoms with Crippen LogP contribution in [0, 0.1) is 5.41 Å². The van der Waals surface area contributed by atoms with Crippen LogP contribution >= 0.6 is 20.0 Å². The first-order valence-corrected chi connectivity index (χ1v) is 11.5. The number of rotatable bonds is 9. The van der Waals surface area contributed by atoms with Crippen molar-refractivity contribution in [1.29, 1.82) is 0 Å². The van der Waals surface area contributed by atoms with Crippen molar-refractivity contribution in [2.24, 2.45) is 5.41 Å². The van der Waals surface area contributed by atoms with Gasteiger partial charge in [-0.05, 0) is 0 Å². The van der Waals surface area contributed by atoms with Crippen LogP contribution in [-0.4, -0.2) is 69.0 Å². The third-order valence-corrected chi connectivity index (χ3v) is 6.46. The molecule has 0 aliphatic carbocycles. The molecule has 1 aromatic rings. The Morgan fingerprint density at radius 1 is 1.35 bits per heavy atom. The number of nitrogens with one attached hydrogen (secondary N) is 1. The zero-order valence-electron chi connectivity index (χ0n) is 17.5. The average Bonchev–Trinajstić information content (AvgIpc) is 2.94. The van der Waals surface area contributed by atoms with Gasteiger partial charge in [-0.25, -0.2) is 4.79 Å². The molecule has 0 saturated carbocycles. The number of hydrogen-bond acceptors (Lipinski definition) is 11. The number of aromatic nitrogens is 2. The van der Waals surface area contributed by atoms with E-state index in [1.165, 1.54) is 7.11 Å². The molecule has 1 unspecified atom stereocenters. The molecule has 12 nitrogen and oxygen atoms in total. The van der Waals surface area contributed by atoms with E-state index in [4.69, 9.17) is 18.5 Å². The number of thioether (sulfide) groups is 1. The molecule has 31 heavy (non-hydrogen) atoms. The number of nitrogens with zero attached hydrogens (tertiary/aromatic N) is 1. The highest BCUT2D eigenvalue weighted by atomic mass is 32.2. The lowest BCUT2D eigenvalue weighted by molar-refractivity contribution is -0.266. The number of aliphatic hydroxyl groups is 2. The van der Waals surface area contributed by atoms with Crippen LogP contribution in [0.4, 0.5) is 0 Å². The fraction of sp³-hybridized carbons (Fsp3) is 0.706. The summed E-state index contributed by atoms with van der Waals surface area (Å²) in [4.78, 5) is 37.0. The summed E-state index contributed by atoms with van der Waals surface area (Å²) in [5, 5.41) is 20.7. The number of carbonyl (C=O) groups excluding carboxylic acids is 1. The molecule has 2 rings (SSSR count). The predicted octanol–water partition coefficient (Wildman–Crippen LogP) is -0.141. The molecule has 1 fully saturated rings. The molecular weight excluding hydrogens is 455 g/mol. The molecule has 0 bridgehead atoms. The van der Waals surface area contributed by atoms with Gasteiger partial charge in [0.05, 0.1) is 6.61 Å². The molecule has 0 amide bonds. The van der Waals surface area contributed by atoms with Gasteiger partial charge in [0.2, 0.25) is 5.79 Å². The summed E-state index contributed by atoms with van der Waals surface area (Å²) in [6, 6.07) is 1.04. The maximum Gasteiger partial charge on any atom is 0.330 e. The van der Waals surface area contributed by atoms with Crippen molar-refractivity contribution in [3.63, 3.8) is 0 Å². The zero-order chi connectivity index (χ0) is 23.4. The Labute approximate surface area is 182 Å². The summed E-state index contributed by atoms with van der Waals surface area (Å²) in [6.07, 6.45) is -3.59. The lowest BCUT2D eigenvalue weighted by atomic mass is 10.00. The van der Waals surface area contributed by atoms with E-state index in [1.807, 2.05) is 4.98 Å². The topological polar surface area (TPSA) is 166 Å². The second-order valence-electron chi connectivity index (χ2n) is 7.75. The summed E-state index contributed by atoms with van der Waals surface area (Å²) in [6.45, 7) is 4.77. The molecular formula is C17H27N2O10PS. The third-order valence-electron chi connectivity index (χ3n) is 4.40. The normalized spacial score (nSPS) is 27.4. The van der Waals surface area contributed by atoms with Crippen LogP contribution in [0.5, 0.6) is 0 Å². The number of aromatic amines is 1. The lowest BCUT2D eigenvalue weighted by Gasteiger charge is -2.29. The molecule has 5 atom stereocenters. The maximum absolute atomic E-state index is 12.0. The van der Waals surface area contributed by atoms with Crippen molar-refractivity contribution in [2.75, 3.05) is 26.1 Å². The quantitative estimate of drug-likeness (QED) is 0.317. The Kier molecular flexibility index (Phi) is 8.82. The number of H-pyrrole nitrogens is 1. The van der Waals surface area contributed by atoms with E-state index in [0.717, 1.165) is 28.6 Å². The van der Waals surface area contributed by atoms with Crippen molar-refractivity contribution in [1.82, 2.24) is 9.55 Å². The van der Waals surface area contributed by atoms with Gasteiger partial charge in [0.15, 0.2) is 11.3 Å². The highest BCUT2D eigenvalue weighted by Gasteiger charge is 2.56. The van der Waals surface area contributed by atoms with Crippen LogP contribution in [0.1, 0.15) is 27.0 Å². The number of aliphatic hydroxyl groups excluding tert-OH is 2. The molecule has 0 radical (unpaired) electrons.